The second kappa shape index (κ2) is 8.81. The molecule has 0 unspecified atom stereocenters. The van der Waals surface area contributed by atoms with Gasteiger partial charge in [-0.05, 0) is 54.1 Å². The lowest BCUT2D eigenvalue weighted by molar-refractivity contribution is 0.0734. The Morgan fingerprint density at radius 2 is 1.79 bits per heavy atom. The zero-order valence-electron chi connectivity index (χ0n) is 15.4. The molecular weight excluding hydrogens is 376 g/mol. The molecule has 0 aliphatic carbocycles. The summed E-state index contributed by atoms with van der Waals surface area (Å²) in [6, 6.07) is 18.5. The average molecular weight is 391 g/mol. The van der Waals surface area contributed by atoms with Crippen LogP contribution in [-0.4, -0.2) is 13.1 Å². The Morgan fingerprint density at radius 3 is 2.52 bits per heavy atom. The van der Waals surface area contributed by atoms with Crippen LogP contribution in [0.3, 0.4) is 0 Å². The van der Waals surface area contributed by atoms with Crippen LogP contribution in [0.5, 0.6) is 11.5 Å². The fourth-order valence-corrected chi connectivity index (χ4v) is 2.66. The van der Waals surface area contributed by atoms with Crippen LogP contribution in [0.25, 0.3) is 11.6 Å². The lowest BCUT2D eigenvalue weighted by atomic mass is 10.0. The number of ether oxygens (including phenoxy) is 2. The summed E-state index contributed by atoms with van der Waals surface area (Å²) < 4.78 is 36.9. The smallest absolute Gasteiger partial charge is 0.343 e. The third kappa shape index (κ3) is 4.66. The minimum absolute atomic E-state index is 0.114. The first-order valence-corrected chi connectivity index (χ1v) is 8.54. The molecule has 0 heterocycles. The van der Waals surface area contributed by atoms with Crippen LogP contribution in [-0.2, 0) is 0 Å². The van der Waals surface area contributed by atoms with Crippen molar-refractivity contribution < 1.29 is 23.0 Å². The van der Waals surface area contributed by atoms with Crippen LogP contribution in [0.1, 0.15) is 21.5 Å². The minimum atomic E-state index is -1.13. The van der Waals surface area contributed by atoms with Gasteiger partial charge in [-0.3, -0.25) is 0 Å². The van der Waals surface area contributed by atoms with Gasteiger partial charge in [0.1, 0.15) is 11.5 Å². The van der Waals surface area contributed by atoms with Gasteiger partial charge < -0.3 is 9.47 Å². The number of hydrogen-bond acceptors (Lipinski definition) is 4. The molecule has 29 heavy (non-hydrogen) atoms. The number of allylic oxidation sites excluding steroid dienone is 1. The lowest BCUT2D eigenvalue weighted by Crippen LogP contribution is -2.09. The summed E-state index contributed by atoms with van der Waals surface area (Å²) in [5.74, 6) is -2.25. The molecule has 0 fully saturated rings. The fourth-order valence-electron chi connectivity index (χ4n) is 2.66. The normalized spacial score (nSPS) is 10.9. The highest BCUT2D eigenvalue weighted by molar-refractivity contribution is 5.93. The van der Waals surface area contributed by atoms with Gasteiger partial charge in [-0.15, -0.1) is 0 Å². The molecule has 0 radical (unpaired) electrons. The highest BCUT2D eigenvalue weighted by Crippen LogP contribution is 2.28. The van der Waals surface area contributed by atoms with Gasteiger partial charge in [0.2, 0.25) is 0 Å². The van der Waals surface area contributed by atoms with E-state index in [2.05, 4.69) is 6.07 Å². The van der Waals surface area contributed by atoms with Gasteiger partial charge >= 0.3 is 5.97 Å². The van der Waals surface area contributed by atoms with E-state index in [-0.39, 0.29) is 11.3 Å². The topological polar surface area (TPSA) is 59.3 Å². The summed E-state index contributed by atoms with van der Waals surface area (Å²) >= 11 is 0. The first kappa shape index (κ1) is 19.8. The maximum absolute atomic E-state index is 13.3. The molecule has 3 rings (SSSR count). The van der Waals surface area contributed by atoms with Crippen LogP contribution in [0.15, 0.2) is 66.7 Å². The molecule has 0 spiro atoms. The van der Waals surface area contributed by atoms with E-state index in [1.165, 1.54) is 7.11 Å². The van der Waals surface area contributed by atoms with Gasteiger partial charge in [0, 0.05) is 5.56 Å². The second-order valence-corrected chi connectivity index (χ2v) is 5.96. The largest absolute Gasteiger partial charge is 0.496 e. The Bertz CT molecular complexity index is 1130. The Kier molecular flexibility index (Phi) is 6.00. The molecule has 0 aliphatic heterocycles. The van der Waals surface area contributed by atoms with E-state index in [9.17, 15) is 18.8 Å². The van der Waals surface area contributed by atoms with Crippen molar-refractivity contribution in [2.75, 3.05) is 7.11 Å². The third-order valence-electron chi connectivity index (χ3n) is 4.05. The molecule has 0 aromatic heterocycles. The maximum Gasteiger partial charge on any atom is 0.343 e. The quantitative estimate of drug-likeness (QED) is 0.258. The van der Waals surface area contributed by atoms with E-state index in [1.807, 2.05) is 0 Å². The number of nitriles is 1. The molecule has 0 amide bonds. The van der Waals surface area contributed by atoms with Crippen LogP contribution in [0, 0.1) is 23.0 Å². The molecule has 144 valence electrons. The molecule has 3 aromatic carbocycles. The summed E-state index contributed by atoms with van der Waals surface area (Å²) in [4.78, 5) is 12.2. The Balaban J connectivity index is 1.87. The summed E-state index contributed by atoms with van der Waals surface area (Å²) in [6.45, 7) is 0. The number of esters is 1. The molecule has 0 aliphatic rings. The molecule has 0 atom stereocenters. The van der Waals surface area contributed by atoms with E-state index < -0.39 is 17.6 Å². The number of rotatable bonds is 5. The summed E-state index contributed by atoms with van der Waals surface area (Å²) in [5.41, 5.74) is 1.49. The lowest BCUT2D eigenvalue weighted by Gasteiger charge is -2.08. The molecular formula is C23H15F2NO3. The van der Waals surface area contributed by atoms with Gasteiger partial charge in [-0.2, -0.15) is 5.26 Å². The first-order chi connectivity index (χ1) is 14.0. The highest BCUT2D eigenvalue weighted by Gasteiger charge is 2.13. The molecule has 0 bridgehead atoms. The predicted molar refractivity (Wildman–Crippen MR) is 104 cm³/mol. The summed E-state index contributed by atoms with van der Waals surface area (Å²) in [7, 11) is 1.52. The van der Waals surface area contributed by atoms with Crippen molar-refractivity contribution in [3.05, 3.63) is 95.1 Å². The number of carbonyl (C=O) groups is 1. The van der Waals surface area contributed by atoms with E-state index in [0.717, 1.165) is 18.2 Å². The predicted octanol–water partition coefficient (Wildman–Crippen LogP) is 5.26. The van der Waals surface area contributed by atoms with E-state index in [0.29, 0.717) is 22.4 Å². The zero-order chi connectivity index (χ0) is 20.8. The number of hydrogen-bond donors (Lipinski definition) is 0. The van der Waals surface area contributed by atoms with Crippen molar-refractivity contribution in [1.82, 2.24) is 0 Å². The van der Waals surface area contributed by atoms with Crippen molar-refractivity contribution in [1.29, 1.82) is 5.26 Å². The second-order valence-electron chi connectivity index (χ2n) is 5.96. The molecule has 4 nitrogen and oxygen atoms in total. The van der Waals surface area contributed by atoms with Crippen molar-refractivity contribution in [2.45, 2.75) is 0 Å². The molecule has 0 saturated carbocycles. The van der Waals surface area contributed by atoms with Crippen LogP contribution < -0.4 is 9.47 Å². The molecule has 0 saturated heterocycles. The van der Waals surface area contributed by atoms with Crippen molar-refractivity contribution in [2.24, 2.45) is 0 Å². The van der Waals surface area contributed by atoms with E-state index in [4.69, 9.17) is 9.47 Å². The third-order valence-corrected chi connectivity index (χ3v) is 4.05. The van der Waals surface area contributed by atoms with Crippen molar-refractivity contribution in [3.8, 4) is 17.6 Å². The number of para-hydroxylation sites is 1. The molecule has 0 N–H and O–H groups in total. The standard InChI is InChI=1S/C23H15F2NO3/c1-28-22-8-3-2-7-19(22)17(14-26)11-15-5-4-6-18(12-15)29-23(27)16-9-10-20(24)21(25)13-16/h2-13H,1H3/b17-11-. The van der Waals surface area contributed by atoms with Crippen molar-refractivity contribution >= 4 is 17.6 Å². The Hall–Kier alpha value is -3.98. The Morgan fingerprint density at radius 1 is 1.00 bits per heavy atom. The van der Waals surface area contributed by atoms with Gasteiger partial charge in [-0.25, -0.2) is 13.6 Å². The van der Waals surface area contributed by atoms with Crippen LogP contribution >= 0.6 is 0 Å². The highest BCUT2D eigenvalue weighted by atomic mass is 19.2. The van der Waals surface area contributed by atoms with Gasteiger partial charge in [0.15, 0.2) is 11.6 Å². The number of methoxy groups -OCH3 is 1. The maximum atomic E-state index is 13.3. The van der Waals surface area contributed by atoms with E-state index in [1.54, 1.807) is 54.6 Å². The van der Waals surface area contributed by atoms with Crippen molar-refractivity contribution in [3.63, 3.8) is 0 Å². The van der Waals surface area contributed by atoms with Crippen LogP contribution in [0.4, 0.5) is 8.78 Å². The van der Waals surface area contributed by atoms with Crippen LogP contribution in [0.2, 0.25) is 0 Å². The van der Waals surface area contributed by atoms with Gasteiger partial charge in [-0.1, -0.05) is 24.3 Å². The Labute approximate surface area is 166 Å². The molecule has 6 heteroatoms. The molecule has 3 aromatic rings. The number of carbonyl (C=O) groups excluding carboxylic acids is 1. The monoisotopic (exact) mass is 391 g/mol. The summed E-state index contributed by atoms with van der Waals surface area (Å²) in [5, 5.41) is 9.55. The first-order valence-electron chi connectivity index (χ1n) is 8.54. The van der Waals surface area contributed by atoms with Gasteiger partial charge in [0.05, 0.1) is 24.3 Å². The zero-order valence-corrected chi connectivity index (χ0v) is 15.4. The summed E-state index contributed by atoms with van der Waals surface area (Å²) in [6.07, 6.45) is 1.63. The fraction of sp³-hybridized carbons (Fsp3) is 0.0435. The minimum Gasteiger partial charge on any atom is -0.496 e. The van der Waals surface area contributed by atoms with Gasteiger partial charge in [0.25, 0.3) is 0 Å². The average Bonchev–Trinajstić information content (AvgIpc) is 2.74. The SMILES string of the molecule is COc1ccccc1/C(C#N)=C\c1cccc(OC(=O)c2ccc(F)c(F)c2)c1. The number of nitrogens with zero attached hydrogens (tertiary/aromatic N) is 1. The number of benzene rings is 3. The number of halogens is 2. The van der Waals surface area contributed by atoms with E-state index >= 15 is 0 Å².